The molecule has 1 N–H and O–H groups in total. The Bertz CT molecular complexity index is 265. The van der Waals surface area contributed by atoms with Gasteiger partial charge in [-0.15, -0.1) is 0 Å². The largest absolute Gasteiger partial charge is 0.469 e. The number of esters is 1. The van der Waals surface area contributed by atoms with Crippen LogP contribution in [0.2, 0.25) is 0 Å². The number of ether oxygens (including phenoxy) is 1. The molecule has 0 aliphatic carbocycles. The molecule has 0 aromatic rings. The lowest BCUT2D eigenvalue weighted by molar-refractivity contribution is -0.145. The summed E-state index contributed by atoms with van der Waals surface area (Å²) >= 11 is 0. The van der Waals surface area contributed by atoms with Crippen molar-refractivity contribution in [1.29, 1.82) is 0 Å². The zero-order valence-corrected chi connectivity index (χ0v) is 9.81. The van der Waals surface area contributed by atoms with Crippen LogP contribution in [0.4, 0.5) is 0 Å². The van der Waals surface area contributed by atoms with Crippen LogP contribution in [0.25, 0.3) is 0 Å². The molecule has 5 heteroatoms. The minimum absolute atomic E-state index is 0.00676. The van der Waals surface area contributed by atoms with Gasteiger partial charge < -0.3 is 14.7 Å². The SMILES string of the molecule is COC(=O)C1CCN(C(=O)CCC(C)O)C1. The molecule has 0 aromatic heterocycles. The standard InChI is InChI=1S/C11H19NO4/c1-8(13)3-4-10(14)12-6-5-9(7-12)11(15)16-2/h8-9,13H,3-7H2,1-2H3. The average Bonchev–Trinajstić information content (AvgIpc) is 2.74. The highest BCUT2D eigenvalue weighted by Gasteiger charge is 2.31. The highest BCUT2D eigenvalue weighted by Crippen LogP contribution is 2.18. The van der Waals surface area contributed by atoms with Gasteiger partial charge in [-0.3, -0.25) is 9.59 Å². The van der Waals surface area contributed by atoms with E-state index in [1.165, 1.54) is 7.11 Å². The quantitative estimate of drug-likeness (QED) is 0.698. The lowest BCUT2D eigenvalue weighted by Gasteiger charge is -2.16. The predicted molar refractivity (Wildman–Crippen MR) is 57.6 cm³/mol. The van der Waals surface area contributed by atoms with Crippen molar-refractivity contribution in [2.75, 3.05) is 20.2 Å². The summed E-state index contributed by atoms with van der Waals surface area (Å²) in [6.07, 6.45) is 1.03. The monoisotopic (exact) mass is 229 g/mol. The van der Waals surface area contributed by atoms with Gasteiger partial charge >= 0.3 is 5.97 Å². The highest BCUT2D eigenvalue weighted by atomic mass is 16.5. The van der Waals surface area contributed by atoms with Gasteiger partial charge in [0.2, 0.25) is 5.91 Å². The average molecular weight is 229 g/mol. The number of rotatable bonds is 4. The molecule has 2 atom stereocenters. The van der Waals surface area contributed by atoms with Crippen LogP contribution >= 0.6 is 0 Å². The molecule has 0 radical (unpaired) electrons. The number of hydrogen-bond acceptors (Lipinski definition) is 4. The second-order valence-corrected chi connectivity index (χ2v) is 4.24. The second-order valence-electron chi connectivity index (χ2n) is 4.24. The number of hydrogen-bond donors (Lipinski definition) is 1. The molecule has 1 aliphatic rings. The molecule has 0 aromatic carbocycles. The van der Waals surface area contributed by atoms with Crippen molar-refractivity contribution < 1.29 is 19.4 Å². The molecule has 5 nitrogen and oxygen atoms in total. The van der Waals surface area contributed by atoms with Gasteiger partial charge in [0.05, 0.1) is 19.1 Å². The van der Waals surface area contributed by atoms with E-state index >= 15 is 0 Å². The van der Waals surface area contributed by atoms with Crippen LogP contribution in [0, 0.1) is 5.92 Å². The lowest BCUT2D eigenvalue weighted by atomic mass is 10.1. The summed E-state index contributed by atoms with van der Waals surface area (Å²) in [5, 5.41) is 9.08. The Morgan fingerprint density at radius 1 is 1.56 bits per heavy atom. The van der Waals surface area contributed by atoms with Gasteiger partial charge in [0, 0.05) is 19.5 Å². The van der Waals surface area contributed by atoms with Gasteiger partial charge in [-0.2, -0.15) is 0 Å². The molecule has 16 heavy (non-hydrogen) atoms. The van der Waals surface area contributed by atoms with Crippen LogP contribution in [0.3, 0.4) is 0 Å². The Balaban J connectivity index is 2.35. The number of methoxy groups -OCH3 is 1. The number of carbonyl (C=O) groups excluding carboxylic acids is 2. The van der Waals surface area contributed by atoms with Gasteiger partial charge in [-0.05, 0) is 19.8 Å². The smallest absolute Gasteiger partial charge is 0.310 e. The van der Waals surface area contributed by atoms with Crippen molar-refractivity contribution in [2.45, 2.75) is 32.3 Å². The Labute approximate surface area is 95.4 Å². The topological polar surface area (TPSA) is 66.8 Å². The number of nitrogens with zero attached hydrogens (tertiary/aromatic N) is 1. The zero-order chi connectivity index (χ0) is 12.1. The molecule has 0 spiro atoms. The van der Waals surface area contributed by atoms with E-state index in [0.29, 0.717) is 32.4 Å². The van der Waals surface area contributed by atoms with Gasteiger partial charge in [0.25, 0.3) is 0 Å². The first kappa shape index (κ1) is 13.0. The number of likely N-dealkylation sites (tertiary alicyclic amines) is 1. The summed E-state index contributed by atoms with van der Waals surface area (Å²) in [7, 11) is 1.36. The number of aliphatic hydroxyl groups is 1. The van der Waals surface area contributed by atoms with E-state index in [0.717, 1.165) is 0 Å². The first-order valence-electron chi connectivity index (χ1n) is 5.58. The molecular weight excluding hydrogens is 210 g/mol. The van der Waals surface area contributed by atoms with E-state index in [1.807, 2.05) is 0 Å². The summed E-state index contributed by atoms with van der Waals surface area (Å²) < 4.78 is 4.64. The molecule has 0 bridgehead atoms. The fourth-order valence-electron chi connectivity index (χ4n) is 1.84. The van der Waals surface area contributed by atoms with Crippen molar-refractivity contribution in [3.8, 4) is 0 Å². The maximum absolute atomic E-state index is 11.7. The molecule has 1 fully saturated rings. The maximum atomic E-state index is 11.7. The van der Waals surface area contributed by atoms with E-state index < -0.39 is 6.10 Å². The van der Waals surface area contributed by atoms with Crippen molar-refractivity contribution in [2.24, 2.45) is 5.92 Å². The van der Waals surface area contributed by atoms with Gasteiger partial charge in [0.15, 0.2) is 0 Å². The van der Waals surface area contributed by atoms with Crippen molar-refractivity contribution >= 4 is 11.9 Å². The van der Waals surface area contributed by atoms with E-state index in [9.17, 15) is 9.59 Å². The molecule has 2 unspecified atom stereocenters. The summed E-state index contributed by atoms with van der Waals surface area (Å²) in [5.41, 5.74) is 0. The van der Waals surface area contributed by atoms with Crippen molar-refractivity contribution in [1.82, 2.24) is 4.90 Å². The fourth-order valence-corrected chi connectivity index (χ4v) is 1.84. The van der Waals surface area contributed by atoms with Crippen LogP contribution in [-0.4, -0.2) is 48.2 Å². The van der Waals surface area contributed by atoms with Crippen LogP contribution < -0.4 is 0 Å². The van der Waals surface area contributed by atoms with Crippen LogP contribution in [-0.2, 0) is 14.3 Å². The molecule has 1 saturated heterocycles. The third-order valence-electron chi connectivity index (χ3n) is 2.85. The Hall–Kier alpha value is -1.10. The molecule has 1 heterocycles. The molecule has 1 aliphatic heterocycles. The van der Waals surface area contributed by atoms with E-state index in [2.05, 4.69) is 4.74 Å². The van der Waals surface area contributed by atoms with Crippen LogP contribution in [0.1, 0.15) is 26.2 Å². The van der Waals surface area contributed by atoms with Crippen LogP contribution in [0.5, 0.6) is 0 Å². The zero-order valence-electron chi connectivity index (χ0n) is 9.81. The highest BCUT2D eigenvalue weighted by molar-refractivity contribution is 5.79. The molecular formula is C11H19NO4. The fraction of sp³-hybridized carbons (Fsp3) is 0.818. The van der Waals surface area contributed by atoms with Crippen molar-refractivity contribution in [3.63, 3.8) is 0 Å². The van der Waals surface area contributed by atoms with Crippen molar-refractivity contribution in [3.05, 3.63) is 0 Å². The molecule has 1 amide bonds. The molecule has 92 valence electrons. The number of carbonyl (C=O) groups is 2. The summed E-state index contributed by atoms with van der Waals surface area (Å²) in [5.74, 6) is -0.418. The van der Waals surface area contributed by atoms with Gasteiger partial charge in [-0.1, -0.05) is 0 Å². The first-order valence-corrected chi connectivity index (χ1v) is 5.58. The summed E-state index contributed by atoms with van der Waals surface area (Å²) in [4.78, 5) is 24.6. The van der Waals surface area contributed by atoms with E-state index in [-0.39, 0.29) is 17.8 Å². The number of amides is 1. The minimum atomic E-state index is -0.456. The summed E-state index contributed by atoms with van der Waals surface area (Å²) in [6, 6.07) is 0. The molecule has 0 saturated carbocycles. The van der Waals surface area contributed by atoms with E-state index in [4.69, 9.17) is 5.11 Å². The first-order chi connectivity index (χ1) is 7.54. The van der Waals surface area contributed by atoms with Crippen LogP contribution in [0.15, 0.2) is 0 Å². The predicted octanol–water partition coefficient (Wildman–Crippen LogP) is 0.169. The minimum Gasteiger partial charge on any atom is -0.469 e. The third kappa shape index (κ3) is 3.48. The third-order valence-corrected chi connectivity index (χ3v) is 2.85. The lowest BCUT2D eigenvalue weighted by Crippen LogP contribution is -2.30. The van der Waals surface area contributed by atoms with E-state index in [1.54, 1.807) is 11.8 Å². The normalized spacial score (nSPS) is 21.9. The maximum Gasteiger partial charge on any atom is 0.310 e. The number of aliphatic hydroxyl groups excluding tert-OH is 1. The Morgan fingerprint density at radius 3 is 2.81 bits per heavy atom. The van der Waals surface area contributed by atoms with Gasteiger partial charge in [0.1, 0.15) is 0 Å². The second kappa shape index (κ2) is 5.84. The summed E-state index contributed by atoms with van der Waals surface area (Å²) in [6.45, 7) is 2.72. The molecule has 1 rings (SSSR count). The van der Waals surface area contributed by atoms with Gasteiger partial charge in [-0.25, -0.2) is 0 Å². The Kier molecular flexibility index (Phi) is 4.73. The Morgan fingerprint density at radius 2 is 2.25 bits per heavy atom.